The van der Waals surface area contributed by atoms with Crippen LogP contribution in [0.25, 0.3) is 0 Å². The summed E-state index contributed by atoms with van der Waals surface area (Å²) in [6.45, 7) is 3.43. The minimum absolute atomic E-state index is 0.0317. The molecule has 0 spiro atoms. The number of hydrazine groups is 1. The zero-order chi connectivity index (χ0) is 21.3. The number of hydrogen-bond donors (Lipinski definition) is 2. The third-order valence-electron chi connectivity index (χ3n) is 5.52. The van der Waals surface area contributed by atoms with Crippen molar-refractivity contribution in [2.45, 2.75) is 38.3 Å². The van der Waals surface area contributed by atoms with Crippen LogP contribution < -0.4 is 10.4 Å². The van der Waals surface area contributed by atoms with Gasteiger partial charge in [-0.1, -0.05) is 30.2 Å². The highest BCUT2D eigenvalue weighted by Crippen LogP contribution is 2.38. The highest BCUT2D eigenvalue weighted by atomic mass is 35.5. The highest BCUT2D eigenvalue weighted by Gasteiger charge is 2.42. The summed E-state index contributed by atoms with van der Waals surface area (Å²) in [6.07, 6.45) is 2.01. The Morgan fingerprint density at radius 3 is 2.53 bits per heavy atom. The number of aliphatic hydroxyl groups excluding tert-OH is 1. The van der Waals surface area contributed by atoms with Gasteiger partial charge < -0.3 is 5.11 Å². The lowest BCUT2D eigenvalue weighted by Gasteiger charge is -2.28. The van der Waals surface area contributed by atoms with Crippen LogP contribution in [-0.2, 0) is 4.79 Å². The van der Waals surface area contributed by atoms with E-state index in [9.17, 15) is 14.3 Å². The maximum atomic E-state index is 13.5. The lowest BCUT2D eigenvalue weighted by Crippen LogP contribution is -2.49. The number of amides is 1. The monoisotopic (exact) mass is 430 g/mol. The van der Waals surface area contributed by atoms with E-state index >= 15 is 0 Å². The van der Waals surface area contributed by atoms with Crippen LogP contribution in [0.2, 0.25) is 5.02 Å². The minimum Gasteiger partial charge on any atom is -0.384 e. The summed E-state index contributed by atoms with van der Waals surface area (Å²) in [4.78, 5) is 12.9. The van der Waals surface area contributed by atoms with Crippen molar-refractivity contribution >= 4 is 28.9 Å². The molecule has 158 valence electrons. The van der Waals surface area contributed by atoms with Gasteiger partial charge in [0.25, 0.3) is 5.91 Å². The van der Waals surface area contributed by atoms with Crippen LogP contribution in [0.4, 0.5) is 10.1 Å². The van der Waals surface area contributed by atoms with Crippen LogP contribution >= 0.6 is 11.6 Å². The molecule has 4 rings (SSSR count). The van der Waals surface area contributed by atoms with E-state index < -0.39 is 18.1 Å². The number of halogens is 2. The van der Waals surface area contributed by atoms with Gasteiger partial charge in [0, 0.05) is 18.1 Å². The molecule has 2 aromatic rings. The van der Waals surface area contributed by atoms with E-state index in [1.807, 2.05) is 11.9 Å². The van der Waals surface area contributed by atoms with Crippen molar-refractivity contribution in [2.75, 3.05) is 18.1 Å². The zero-order valence-corrected chi connectivity index (χ0v) is 17.4. The minimum atomic E-state index is -1.17. The Kier molecular flexibility index (Phi) is 6.04. The Balaban J connectivity index is 1.68. The van der Waals surface area contributed by atoms with Crippen molar-refractivity contribution in [3.05, 3.63) is 64.4 Å². The van der Waals surface area contributed by atoms with Crippen LogP contribution in [0.15, 0.2) is 47.6 Å². The molecule has 0 aromatic heterocycles. The molecule has 2 aromatic carbocycles. The third-order valence-corrected chi connectivity index (χ3v) is 5.76. The van der Waals surface area contributed by atoms with Gasteiger partial charge in [-0.25, -0.2) is 9.40 Å². The van der Waals surface area contributed by atoms with E-state index in [2.05, 4.69) is 10.5 Å². The Morgan fingerprint density at radius 2 is 1.87 bits per heavy atom. The van der Waals surface area contributed by atoms with E-state index in [1.54, 1.807) is 35.3 Å². The van der Waals surface area contributed by atoms with Crippen LogP contribution in [0.1, 0.15) is 36.4 Å². The van der Waals surface area contributed by atoms with Crippen molar-refractivity contribution in [3.8, 4) is 0 Å². The van der Waals surface area contributed by atoms with Crippen molar-refractivity contribution in [1.82, 2.24) is 10.4 Å². The van der Waals surface area contributed by atoms with E-state index in [1.165, 1.54) is 12.1 Å². The first-order valence-electron chi connectivity index (χ1n) is 10.1. The number of piperidine rings is 1. The normalized spacial score (nSPS) is 22.1. The first kappa shape index (κ1) is 20.8. The van der Waals surface area contributed by atoms with Gasteiger partial charge >= 0.3 is 0 Å². The number of benzene rings is 2. The molecule has 2 atom stereocenters. The van der Waals surface area contributed by atoms with Gasteiger partial charge in [0.2, 0.25) is 0 Å². The number of hydrazone groups is 1. The topological polar surface area (TPSA) is 68.2 Å². The molecule has 2 aliphatic rings. The van der Waals surface area contributed by atoms with Crippen LogP contribution in [-0.4, -0.2) is 40.9 Å². The molecule has 2 N–H and O–H groups in total. The summed E-state index contributed by atoms with van der Waals surface area (Å²) < 4.78 is 13.5. The fourth-order valence-corrected chi connectivity index (χ4v) is 4.20. The van der Waals surface area contributed by atoms with Gasteiger partial charge in [-0.3, -0.25) is 15.2 Å². The average Bonchev–Trinajstić information content (AvgIpc) is 3.06. The summed E-state index contributed by atoms with van der Waals surface area (Å²) in [5.74, 6) is -0.796. The van der Waals surface area contributed by atoms with Gasteiger partial charge in [-0.2, -0.15) is 5.10 Å². The largest absolute Gasteiger partial charge is 0.384 e. The molecule has 1 amide bonds. The van der Waals surface area contributed by atoms with Crippen molar-refractivity contribution in [2.24, 2.45) is 5.10 Å². The van der Waals surface area contributed by atoms with Crippen molar-refractivity contribution in [1.29, 1.82) is 0 Å². The number of aryl methyl sites for hydroxylation is 1. The van der Waals surface area contributed by atoms with E-state index in [0.717, 1.165) is 37.9 Å². The van der Waals surface area contributed by atoms with Crippen molar-refractivity contribution < 1.29 is 14.3 Å². The summed E-state index contributed by atoms with van der Waals surface area (Å²) >= 11 is 6.10. The maximum Gasteiger partial charge on any atom is 0.284 e. The molecule has 2 aliphatic heterocycles. The molecule has 0 aliphatic carbocycles. The molecule has 2 unspecified atom stereocenters. The van der Waals surface area contributed by atoms with E-state index in [4.69, 9.17) is 11.6 Å². The molecule has 0 saturated carbocycles. The van der Waals surface area contributed by atoms with Gasteiger partial charge in [-0.15, -0.1) is 0 Å². The number of anilines is 1. The number of rotatable bonds is 4. The predicted molar refractivity (Wildman–Crippen MR) is 115 cm³/mol. The standard InChI is InChI=1S/C22H24ClFN4O2/c1-14-13-16(23)7-10-18(14)28-20(15-5-8-17(24)9-6-15)21(29)19(25-28)22(30)26-27-11-3-2-4-12-27/h5-10,13,20-21,29H,2-4,11-12H2,1H3,(H,26,30). The molecular formula is C22H24ClFN4O2. The number of nitrogens with zero attached hydrogens (tertiary/aromatic N) is 3. The summed E-state index contributed by atoms with van der Waals surface area (Å²) in [6, 6.07) is 10.5. The Hall–Kier alpha value is -2.48. The first-order chi connectivity index (χ1) is 14.4. The fourth-order valence-electron chi connectivity index (χ4n) is 3.97. The third kappa shape index (κ3) is 4.19. The number of carbonyl (C=O) groups excluding carboxylic acids is 1. The number of aliphatic hydroxyl groups is 1. The number of hydrogen-bond acceptors (Lipinski definition) is 5. The molecule has 0 radical (unpaired) electrons. The molecule has 8 heteroatoms. The molecule has 30 heavy (non-hydrogen) atoms. The van der Waals surface area contributed by atoms with Crippen LogP contribution in [0.3, 0.4) is 0 Å². The summed E-state index contributed by atoms with van der Waals surface area (Å²) in [5.41, 5.74) is 5.12. The Morgan fingerprint density at radius 1 is 1.17 bits per heavy atom. The Bertz CT molecular complexity index is 960. The number of nitrogens with one attached hydrogen (secondary N) is 1. The smallest absolute Gasteiger partial charge is 0.284 e. The van der Waals surface area contributed by atoms with E-state index in [0.29, 0.717) is 16.3 Å². The summed E-state index contributed by atoms with van der Waals surface area (Å²) in [7, 11) is 0. The molecule has 6 nitrogen and oxygen atoms in total. The maximum absolute atomic E-state index is 13.5. The van der Waals surface area contributed by atoms with Gasteiger partial charge in [0.05, 0.1) is 5.69 Å². The van der Waals surface area contributed by atoms with Gasteiger partial charge in [0.1, 0.15) is 18.0 Å². The lowest BCUT2D eigenvalue weighted by molar-refractivity contribution is -0.120. The van der Waals surface area contributed by atoms with Gasteiger partial charge in [-0.05, 0) is 61.2 Å². The van der Waals surface area contributed by atoms with Gasteiger partial charge in [0.15, 0.2) is 5.71 Å². The Labute approximate surface area is 179 Å². The SMILES string of the molecule is Cc1cc(Cl)ccc1N1N=C(C(=O)NN2CCCCC2)C(O)C1c1ccc(F)cc1. The summed E-state index contributed by atoms with van der Waals surface area (Å²) in [5, 5.41) is 19.6. The second kappa shape index (κ2) is 8.71. The van der Waals surface area contributed by atoms with Crippen LogP contribution in [0, 0.1) is 12.7 Å². The molecule has 2 heterocycles. The molecular weight excluding hydrogens is 407 g/mol. The predicted octanol–water partition coefficient (Wildman–Crippen LogP) is 3.58. The lowest BCUT2D eigenvalue weighted by atomic mass is 9.98. The number of carbonyl (C=O) groups is 1. The second-order valence-electron chi connectivity index (χ2n) is 7.69. The average molecular weight is 431 g/mol. The first-order valence-corrected chi connectivity index (χ1v) is 10.4. The van der Waals surface area contributed by atoms with Crippen LogP contribution in [0.5, 0.6) is 0 Å². The zero-order valence-electron chi connectivity index (χ0n) is 16.7. The highest BCUT2D eigenvalue weighted by molar-refractivity contribution is 6.41. The second-order valence-corrected chi connectivity index (χ2v) is 8.13. The van der Waals surface area contributed by atoms with E-state index in [-0.39, 0.29) is 11.5 Å². The quantitative estimate of drug-likeness (QED) is 0.778. The molecule has 1 saturated heterocycles. The fraction of sp³-hybridized carbons (Fsp3) is 0.364. The molecule has 1 fully saturated rings. The molecule has 0 bridgehead atoms. The van der Waals surface area contributed by atoms with Crippen molar-refractivity contribution in [3.63, 3.8) is 0 Å².